The summed E-state index contributed by atoms with van der Waals surface area (Å²) < 4.78 is 0. The molecule has 1 aliphatic rings. The first-order valence-electron chi connectivity index (χ1n) is 7.59. The lowest BCUT2D eigenvalue weighted by molar-refractivity contribution is 0.119. The van der Waals surface area contributed by atoms with Crippen molar-refractivity contribution in [3.05, 3.63) is 0 Å². The Morgan fingerprint density at radius 2 is 1.94 bits per heavy atom. The summed E-state index contributed by atoms with van der Waals surface area (Å²) in [7, 11) is 0. The van der Waals surface area contributed by atoms with Gasteiger partial charge in [-0.3, -0.25) is 0 Å². The number of likely N-dealkylation sites (tertiary alicyclic amines) is 1. The van der Waals surface area contributed by atoms with Crippen molar-refractivity contribution in [3.63, 3.8) is 0 Å². The Balaban J connectivity index is 2.28. The van der Waals surface area contributed by atoms with Crippen LogP contribution in [-0.4, -0.2) is 48.3 Å². The van der Waals surface area contributed by atoms with Crippen molar-refractivity contribution in [2.45, 2.75) is 52.5 Å². The first kappa shape index (κ1) is 15.9. The highest BCUT2D eigenvalue weighted by Crippen LogP contribution is 2.24. The topological polar surface area (TPSA) is 35.5 Å². The molecule has 1 saturated heterocycles. The van der Waals surface area contributed by atoms with Crippen LogP contribution < -0.4 is 5.32 Å². The zero-order chi connectivity index (χ0) is 13.6. The van der Waals surface area contributed by atoms with E-state index in [1.54, 1.807) is 0 Å². The minimum atomic E-state index is -0.107. The Morgan fingerprint density at radius 1 is 1.33 bits per heavy atom. The van der Waals surface area contributed by atoms with E-state index in [9.17, 15) is 5.11 Å². The van der Waals surface area contributed by atoms with Crippen molar-refractivity contribution in [1.82, 2.24) is 10.2 Å². The molecule has 0 aliphatic carbocycles. The van der Waals surface area contributed by atoms with Crippen LogP contribution in [0.2, 0.25) is 0 Å². The van der Waals surface area contributed by atoms with E-state index in [0.29, 0.717) is 0 Å². The van der Waals surface area contributed by atoms with Crippen molar-refractivity contribution in [1.29, 1.82) is 0 Å². The van der Waals surface area contributed by atoms with Crippen molar-refractivity contribution < 1.29 is 5.11 Å². The molecule has 2 N–H and O–H groups in total. The number of aliphatic hydroxyl groups excluding tert-OH is 1. The van der Waals surface area contributed by atoms with Crippen molar-refractivity contribution in [2.75, 3.05) is 32.8 Å². The molecule has 1 rings (SSSR count). The molecule has 1 aliphatic heterocycles. The minimum absolute atomic E-state index is 0.107. The number of hydrogen-bond acceptors (Lipinski definition) is 3. The lowest BCUT2D eigenvalue weighted by Crippen LogP contribution is -2.48. The molecule has 108 valence electrons. The molecule has 3 heteroatoms. The number of hydrogen-bond donors (Lipinski definition) is 2. The van der Waals surface area contributed by atoms with Gasteiger partial charge in [-0.15, -0.1) is 0 Å². The molecule has 1 atom stereocenters. The quantitative estimate of drug-likeness (QED) is 0.732. The van der Waals surface area contributed by atoms with E-state index in [1.165, 1.54) is 25.9 Å². The summed E-state index contributed by atoms with van der Waals surface area (Å²) in [5.41, 5.74) is -0.107. The summed E-state index contributed by atoms with van der Waals surface area (Å²) in [5.74, 6) is 1.75. The average molecular weight is 256 g/mol. The Morgan fingerprint density at radius 3 is 2.39 bits per heavy atom. The molecule has 0 radical (unpaired) electrons. The standard InChI is InChI=1S/C15H32N2O/c1-5-16-15(4,12-18)8-11-17-9-6-14(7-10-17)13(2)3/h13-14,16,18H,5-12H2,1-4H3. The van der Waals surface area contributed by atoms with Crippen LogP contribution in [0.15, 0.2) is 0 Å². The highest BCUT2D eigenvalue weighted by Gasteiger charge is 2.25. The van der Waals surface area contributed by atoms with Gasteiger partial charge >= 0.3 is 0 Å². The molecular formula is C15H32N2O. The number of rotatable bonds is 7. The first-order valence-corrected chi connectivity index (χ1v) is 7.59. The fourth-order valence-electron chi connectivity index (χ4n) is 2.90. The molecule has 1 heterocycles. The van der Waals surface area contributed by atoms with Crippen molar-refractivity contribution in [2.24, 2.45) is 11.8 Å². The number of likely N-dealkylation sites (N-methyl/N-ethyl adjacent to an activating group) is 1. The highest BCUT2D eigenvalue weighted by molar-refractivity contribution is 4.84. The number of aliphatic hydroxyl groups is 1. The van der Waals surface area contributed by atoms with Gasteiger partial charge in [0, 0.05) is 5.54 Å². The summed E-state index contributed by atoms with van der Waals surface area (Å²) in [6, 6.07) is 0. The lowest BCUT2D eigenvalue weighted by atomic mass is 9.86. The Bertz CT molecular complexity index is 225. The smallest absolute Gasteiger partial charge is 0.0611 e. The van der Waals surface area contributed by atoms with Gasteiger partial charge in [-0.05, 0) is 64.2 Å². The second kappa shape index (κ2) is 7.46. The fraction of sp³-hybridized carbons (Fsp3) is 1.00. The average Bonchev–Trinajstić information content (AvgIpc) is 2.37. The summed E-state index contributed by atoms with van der Waals surface area (Å²) >= 11 is 0. The normalized spacial score (nSPS) is 22.3. The van der Waals surface area contributed by atoms with Crippen LogP contribution in [0.1, 0.15) is 47.0 Å². The van der Waals surface area contributed by atoms with E-state index in [-0.39, 0.29) is 12.1 Å². The molecular weight excluding hydrogens is 224 g/mol. The van der Waals surface area contributed by atoms with Gasteiger partial charge in [-0.2, -0.15) is 0 Å². The van der Waals surface area contributed by atoms with Gasteiger partial charge in [0.1, 0.15) is 0 Å². The predicted octanol–water partition coefficient (Wildman–Crippen LogP) is 2.10. The summed E-state index contributed by atoms with van der Waals surface area (Å²) in [6.07, 6.45) is 3.72. The maximum atomic E-state index is 9.48. The molecule has 0 spiro atoms. The fourth-order valence-corrected chi connectivity index (χ4v) is 2.90. The third kappa shape index (κ3) is 4.87. The maximum absolute atomic E-state index is 9.48. The molecule has 1 fully saturated rings. The Kier molecular flexibility index (Phi) is 6.61. The molecule has 1 unspecified atom stereocenters. The molecule has 0 bridgehead atoms. The Hall–Kier alpha value is -0.120. The second-order valence-corrected chi connectivity index (χ2v) is 6.42. The van der Waals surface area contributed by atoms with Crippen LogP contribution in [0, 0.1) is 11.8 Å². The maximum Gasteiger partial charge on any atom is 0.0611 e. The van der Waals surface area contributed by atoms with Gasteiger partial charge in [-0.25, -0.2) is 0 Å². The largest absolute Gasteiger partial charge is 0.394 e. The van der Waals surface area contributed by atoms with Crippen LogP contribution in [-0.2, 0) is 0 Å². The third-order valence-corrected chi connectivity index (χ3v) is 4.51. The molecule has 0 aromatic carbocycles. The number of piperidine rings is 1. The van der Waals surface area contributed by atoms with Crippen LogP contribution in [0.3, 0.4) is 0 Å². The summed E-state index contributed by atoms with van der Waals surface area (Å²) in [4.78, 5) is 2.56. The van der Waals surface area contributed by atoms with E-state index in [4.69, 9.17) is 0 Å². The van der Waals surface area contributed by atoms with E-state index < -0.39 is 0 Å². The predicted molar refractivity (Wildman–Crippen MR) is 77.8 cm³/mol. The van der Waals surface area contributed by atoms with Crippen molar-refractivity contribution >= 4 is 0 Å². The molecule has 0 saturated carbocycles. The second-order valence-electron chi connectivity index (χ2n) is 6.42. The van der Waals surface area contributed by atoms with Gasteiger partial charge < -0.3 is 15.3 Å². The van der Waals surface area contributed by atoms with Crippen LogP contribution in [0.25, 0.3) is 0 Å². The van der Waals surface area contributed by atoms with E-state index in [0.717, 1.165) is 31.3 Å². The van der Waals surface area contributed by atoms with Gasteiger partial charge in [0.2, 0.25) is 0 Å². The highest BCUT2D eigenvalue weighted by atomic mass is 16.3. The molecule has 0 aromatic heterocycles. The molecule has 0 aromatic rings. The van der Waals surface area contributed by atoms with E-state index in [1.807, 2.05) is 0 Å². The SMILES string of the molecule is CCNC(C)(CO)CCN1CCC(C(C)C)CC1. The molecule has 0 amide bonds. The zero-order valence-electron chi connectivity index (χ0n) is 12.7. The zero-order valence-corrected chi connectivity index (χ0v) is 12.7. The van der Waals surface area contributed by atoms with Crippen LogP contribution in [0.5, 0.6) is 0 Å². The monoisotopic (exact) mass is 256 g/mol. The number of nitrogens with zero attached hydrogens (tertiary/aromatic N) is 1. The van der Waals surface area contributed by atoms with Gasteiger partial charge in [-0.1, -0.05) is 20.8 Å². The van der Waals surface area contributed by atoms with E-state index in [2.05, 4.69) is 37.9 Å². The van der Waals surface area contributed by atoms with E-state index >= 15 is 0 Å². The van der Waals surface area contributed by atoms with Crippen LogP contribution in [0.4, 0.5) is 0 Å². The lowest BCUT2D eigenvalue weighted by Gasteiger charge is -2.36. The summed E-state index contributed by atoms with van der Waals surface area (Å²) in [6.45, 7) is 13.6. The van der Waals surface area contributed by atoms with Crippen molar-refractivity contribution in [3.8, 4) is 0 Å². The molecule has 3 nitrogen and oxygen atoms in total. The number of nitrogens with one attached hydrogen (secondary N) is 1. The molecule has 18 heavy (non-hydrogen) atoms. The van der Waals surface area contributed by atoms with Gasteiger partial charge in [0.15, 0.2) is 0 Å². The first-order chi connectivity index (χ1) is 8.50. The van der Waals surface area contributed by atoms with Gasteiger partial charge in [0.05, 0.1) is 6.61 Å². The Labute approximate surface area is 113 Å². The van der Waals surface area contributed by atoms with Crippen LogP contribution >= 0.6 is 0 Å². The third-order valence-electron chi connectivity index (χ3n) is 4.51. The summed E-state index contributed by atoms with van der Waals surface area (Å²) in [5, 5.41) is 12.9. The minimum Gasteiger partial charge on any atom is -0.394 e. The van der Waals surface area contributed by atoms with Gasteiger partial charge in [0.25, 0.3) is 0 Å².